The van der Waals surface area contributed by atoms with E-state index in [-0.39, 0.29) is 29.2 Å². The van der Waals surface area contributed by atoms with Gasteiger partial charge in [-0.3, -0.25) is 19.1 Å². The Labute approximate surface area is 175 Å². The lowest BCUT2D eigenvalue weighted by Gasteiger charge is -2.34. The Morgan fingerprint density at radius 3 is 1.86 bits per heavy atom. The lowest BCUT2D eigenvalue weighted by atomic mass is 9.96. The van der Waals surface area contributed by atoms with Crippen LogP contribution in [0, 0.1) is 17.8 Å². The van der Waals surface area contributed by atoms with E-state index in [1.807, 2.05) is 46.3 Å². The number of carbonyl (C=O) groups excluding carboxylic acids is 3. The van der Waals surface area contributed by atoms with Gasteiger partial charge in [-0.05, 0) is 24.7 Å². The first-order chi connectivity index (χ1) is 13.2. The molecule has 3 unspecified atom stereocenters. The molecule has 0 aromatic carbocycles. The maximum Gasteiger partial charge on any atom is 0.259 e. The molecule has 0 radical (unpaired) electrons. The van der Waals surface area contributed by atoms with Crippen LogP contribution in [0.3, 0.4) is 0 Å². The molecular formula is C19H36N4O5S. The lowest BCUT2D eigenvalue weighted by Crippen LogP contribution is -2.56. The third-order valence-electron chi connectivity index (χ3n) is 4.70. The highest BCUT2D eigenvalue weighted by atomic mass is 32.2. The summed E-state index contributed by atoms with van der Waals surface area (Å²) in [6.07, 6.45) is 1.55. The minimum atomic E-state index is -3.06. The molecule has 0 aromatic rings. The normalized spacial score (nSPS) is 15.4. The van der Waals surface area contributed by atoms with E-state index < -0.39 is 40.8 Å². The van der Waals surface area contributed by atoms with Crippen molar-refractivity contribution in [2.75, 3.05) is 7.05 Å². The Morgan fingerprint density at radius 1 is 0.966 bits per heavy atom. The molecule has 0 aliphatic carbocycles. The monoisotopic (exact) mass is 432 g/mol. The van der Waals surface area contributed by atoms with E-state index in [9.17, 15) is 22.8 Å². The van der Waals surface area contributed by atoms with E-state index in [1.54, 1.807) is 13.1 Å². The SMILES string of the molecule is C/C(=C\C(C(C)C)N(C)C(=O)C(NC(=O)C(N)C(C)C)C(C)C)C(=O)N[SH](=O)=O. The first kappa shape index (κ1) is 27.1. The minimum absolute atomic E-state index is 0.0610. The second kappa shape index (κ2) is 11.9. The summed E-state index contributed by atoms with van der Waals surface area (Å²) >= 11 is 0. The number of nitrogens with one attached hydrogen (secondary N) is 2. The molecule has 0 fully saturated rings. The van der Waals surface area contributed by atoms with Gasteiger partial charge in [0.15, 0.2) is 0 Å². The Hall–Kier alpha value is -1.94. The molecule has 10 heteroatoms. The summed E-state index contributed by atoms with van der Waals surface area (Å²) in [5.41, 5.74) is 6.07. The molecule has 0 saturated carbocycles. The van der Waals surface area contributed by atoms with Crippen LogP contribution in [0.4, 0.5) is 0 Å². The summed E-state index contributed by atoms with van der Waals surface area (Å²) in [6, 6.07) is -1.98. The first-order valence-corrected chi connectivity index (χ1v) is 10.8. The molecule has 0 rings (SSSR count). The fourth-order valence-electron chi connectivity index (χ4n) is 2.69. The number of rotatable bonds is 10. The largest absolute Gasteiger partial charge is 0.343 e. The van der Waals surface area contributed by atoms with Gasteiger partial charge in [-0.15, -0.1) is 0 Å². The van der Waals surface area contributed by atoms with E-state index >= 15 is 0 Å². The molecular weight excluding hydrogens is 396 g/mol. The minimum Gasteiger partial charge on any atom is -0.343 e. The second-order valence-electron chi connectivity index (χ2n) is 8.23. The maximum atomic E-state index is 13.1. The van der Waals surface area contributed by atoms with Gasteiger partial charge in [0.2, 0.25) is 22.7 Å². The zero-order chi connectivity index (χ0) is 23.0. The molecule has 4 N–H and O–H groups in total. The highest BCUT2D eigenvalue weighted by Crippen LogP contribution is 2.17. The molecule has 0 aliphatic rings. The van der Waals surface area contributed by atoms with Crippen molar-refractivity contribution >= 4 is 28.6 Å². The first-order valence-electron chi connectivity index (χ1n) is 9.67. The van der Waals surface area contributed by atoms with Gasteiger partial charge in [-0.2, -0.15) is 0 Å². The standard InChI is InChI=1S/C19H36N4O5S/c1-10(2)14(9-13(7)17(24)22-29(27)28)23(8)19(26)16(12(5)6)21-18(25)15(20)11(3)4/h9-12,14-16,29H,20H2,1-8H3,(H,21,25)(H,22,24,27,28)/b13-9+. The number of amides is 3. The highest BCUT2D eigenvalue weighted by molar-refractivity contribution is 7.71. The third kappa shape index (κ3) is 8.53. The fraction of sp³-hybridized carbons (Fsp3) is 0.737. The highest BCUT2D eigenvalue weighted by Gasteiger charge is 2.32. The summed E-state index contributed by atoms with van der Waals surface area (Å²) < 4.78 is 23.2. The van der Waals surface area contributed by atoms with E-state index in [1.165, 1.54) is 11.8 Å². The molecule has 9 nitrogen and oxygen atoms in total. The number of thiol groups is 1. The van der Waals surface area contributed by atoms with Crippen LogP contribution in [0.5, 0.6) is 0 Å². The van der Waals surface area contributed by atoms with E-state index in [4.69, 9.17) is 5.73 Å². The Kier molecular flexibility index (Phi) is 11.1. The van der Waals surface area contributed by atoms with Gasteiger partial charge in [0.05, 0.1) is 12.1 Å². The quantitative estimate of drug-likeness (QED) is 0.287. The van der Waals surface area contributed by atoms with E-state index in [0.29, 0.717) is 0 Å². The molecule has 0 bridgehead atoms. The van der Waals surface area contributed by atoms with Crippen LogP contribution in [0.15, 0.2) is 11.6 Å². The van der Waals surface area contributed by atoms with Gasteiger partial charge in [-0.25, -0.2) is 8.42 Å². The van der Waals surface area contributed by atoms with Crippen molar-refractivity contribution in [3.05, 3.63) is 11.6 Å². The predicted molar refractivity (Wildman–Crippen MR) is 113 cm³/mol. The van der Waals surface area contributed by atoms with Gasteiger partial charge in [0.25, 0.3) is 5.91 Å². The van der Waals surface area contributed by atoms with Crippen molar-refractivity contribution < 1.29 is 22.8 Å². The third-order valence-corrected chi connectivity index (χ3v) is 5.09. The van der Waals surface area contributed by atoms with Crippen LogP contribution < -0.4 is 15.8 Å². The van der Waals surface area contributed by atoms with Crippen LogP contribution in [0.1, 0.15) is 48.5 Å². The van der Waals surface area contributed by atoms with Crippen molar-refractivity contribution in [2.45, 2.75) is 66.6 Å². The van der Waals surface area contributed by atoms with Gasteiger partial charge < -0.3 is 16.0 Å². The predicted octanol–water partition coefficient (Wildman–Crippen LogP) is 0.182. The fourth-order valence-corrected chi connectivity index (χ4v) is 3.03. The van der Waals surface area contributed by atoms with Crippen molar-refractivity contribution in [1.29, 1.82) is 0 Å². The van der Waals surface area contributed by atoms with Gasteiger partial charge >= 0.3 is 0 Å². The Balaban J connectivity index is 5.65. The molecule has 168 valence electrons. The summed E-state index contributed by atoms with van der Waals surface area (Å²) in [5, 5.41) is 2.74. The zero-order valence-corrected chi connectivity index (χ0v) is 19.4. The van der Waals surface area contributed by atoms with Crippen LogP contribution in [-0.2, 0) is 25.3 Å². The van der Waals surface area contributed by atoms with Crippen LogP contribution in [0.2, 0.25) is 0 Å². The van der Waals surface area contributed by atoms with E-state index in [0.717, 1.165) is 0 Å². The topological polar surface area (TPSA) is 139 Å². The maximum absolute atomic E-state index is 13.1. The van der Waals surface area contributed by atoms with Crippen molar-refractivity contribution in [2.24, 2.45) is 23.5 Å². The lowest BCUT2D eigenvalue weighted by molar-refractivity contribution is -0.138. The molecule has 3 amide bonds. The van der Waals surface area contributed by atoms with Gasteiger partial charge in [-0.1, -0.05) is 47.6 Å². The van der Waals surface area contributed by atoms with Crippen molar-refractivity contribution in [3.63, 3.8) is 0 Å². The van der Waals surface area contributed by atoms with Crippen molar-refractivity contribution in [3.8, 4) is 0 Å². The van der Waals surface area contributed by atoms with Gasteiger partial charge in [0, 0.05) is 12.6 Å². The van der Waals surface area contributed by atoms with Crippen LogP contribution in [-0.4, -0.2) is 56.2 Å². The number of hydrogen-bond acceptors (Lipinski definition) is 6. The molecule has 29 heavy (non-hydrogen) atoms. The molecule has 3 atom stereocenters. The molecule has 0 spiro atoms. The number of nitrogens with zero attached hydrogens (tertiary/aromatic N) is 1. The van der Waals surface area contributed by atoms with Gasteiger partial charge in [0.1, 0.15) is 6.04 Å². The molecule has 0 aliphatic heterocycles. The number of hydrogen-bond donors (Lipinski definition) is 4. The second-order valence-corrected chi connectivity index (χ2v) is 8.97. The number of carbonyl (C=O) groups is 3. The van der Waals surface area contributed by atoms with Crippen LogP contribution in [0.25, 0.3) is 0 Å². The smallest absolute Gasteiger partial charge is 0.259 e. The molecule has 0 aromatic heterocycles. The summed E-state index contributed by atoms with van der Waals surface area (Å²) in [6.45, 7) is 12.5. The number of likely N-dealkylation sites (N-methyl/N-ethyl adjacent to an activating group) is 1. The zero-order valence-electron chi connectivity index (χ0n) is 18.6. The summed E-state index contributed by atoms with van der Waals surface area (Å²) in [7, 11) is -1.47. The average molecular weight is 433 g/mol. The molecule has 0 heterocycles. The van der Waals surface area contributed by atoms with Crippen LogP contribution >= 0.6 is 0 Å². The Bertz CT molecular complexity index is 693. The summed E-state index contributed by atoms with van der Waals surface area (Å²) in [4.78, 5) is 38.9. The Morgan fingerprint density at radius 2 is 1.48 bits per heavy atom. The van der Waals surface area contributed by atoms with Crippen molar-refractivity contribution in [1.82, 2.24) is 14.9 Å². The van der Waals surface area contributed by atoms with E-state index in [2.05, 4.69) is 5.32 Å². The average Bonchev–Trinajstić information content (AvgIpc) is 2.60. The molecule has 0 saturated heterocycles. The summed E-state index contributed by atoms with van der Waals surface area (Å²) in [5.74, 6) is -1.78. The number of nitrogens with two attached hydrogens (primary N) is 1.